The van der Waals surface area contributed by atoms with E-state index < -0.39 is 0 Å². The predicted octanol–water partition coefficient (Wildman–Crippen LogP) is 3.00. The van der Waals surface area contributed by atoms with Gasteiger partial charge in [-0.1, -0.05) is 35.0 Å². The Kier molecular flexibility index (Phi) is 5.32. The van der Waals surface area contributed by atoms with Gasteiger partial charge in [-0.3, -0.25) is 4.79 Å². The van der Waals surface area contributed by atoms with E-state index in [1.807, 2.05) is 11.4 Å². The number of hydrogen-bond acceptors (Lipinski definition) is 3. The van der Waals surface area contributed by atoms with E-state index in [1.54, 1.807) is 11.9 Å². The summed E-state index contributed by atoms with van der Waals surface area (Å²) in [7, 11) is 1.70. The summed E-state index contributed by atoms with van der Waals surface area (Å²) in [6, 6.07) is 3.40. The molecule has 0 radical (unpaired) electrons. The fourth-order valence-electron chi connectivity index (χ4n) is 1.70. The second kappa shape index (κ2) is 7.01. The number of hydrogen-bond donors (Lipinski definition) is 2. The Morgan fingerprint density at radius 1 is 1.48 bits per heavy atom. The van der Waals surface area contributed by atoms with Crippen LogP contribution in [-0.4, -0.2) is 34.6 Å². The minimum absolute atomic E-state index is 0.169. The van der Waals surface area contributed by atoms with Crippen molar-refractivity contribution in [2.45, 2.75) is 6.54 Å². The van der Waals surface area contributed by atoms with Crippen LogP contribution in [0.25, 0.3) is 0 Å². The normalized spacial score (nSPS) is 10.1. The van der Waals surface area contributed by atoms with Crippen LogP contribution in [0.2, 0.25) is 10.2 Å². The van der Waals surface area contributed by atoms with Crippen molar-refractivity contribution in [1.82, 2.24) is 9.88 Å². The van der Waals surface area contributed by atoms with Gasteiger partial charge in [0, 0.05) is 22.9 Å². The van der Waals surface area contributed by atoms with Crippen molar-refractivity contribution < 1.29 is 9.90 Å². The molecule has 0 aliphatic rings. The highest BCUT2D eigenvalue weighted by molar-refractivity contribution is 7.10. The second-order valence-electron chi connectivity index (χ2n) is 4.27. The van der Waals surface area contributed by atoms with Crippen molar-refractivity contribution in [3.8, 4) is 11.8 Å². The van der Waals surface area contributed by atoms with Crippen LogP contribution < -0.4 is 0 Å². The number of nitrogens with one attached hydrogen (secondary N) is 1. The maximum Gasteiger partial charge on any atom is 0.270 e. The van der Waals surface area contributed by atoms with E-state index in [1.165, 1.54) is 17.4 Å². The highest BCUT2D eigenvalue weighted by Gasteiger charge is 2.16. The van der Waals surface area contributed by atoms with Crippen molar-refractivity contribution in [3.63, 3.8) is 0 Å². The molecule has 0 fully saturated rings. The van der Waals surface area contributed by atoms with Gasteiger partial charge in [-0.2, -0.15) is 0 Å². The highest BCUT2D eigenvalue weighted by Crippen LogP contribution is 2.23. The molecule has 2 rings (SSSR count). The Bertz CT molecular complexity index is 693. The summed E-state index contributed by atoms with van der Waals surface area (Å²) in [5.41, 5.74) is 1.18. The van der Waals surface area contributed by atoms with Crippen LogP contribution in [0.15, 0.2) is 17.5 Å². The molecule has 1 amide bonds. The van der Waals surface area contributed by atoms with Crippen LogP contribution in [0, 0.1) is 11.8 Å². The number of halogens is 2. The lowest BCUT2D eigenvalue weighted by Crippen LogP contribution is -2.26. The Morgan fingerprint density at radius 2 is 2.24 bits per heavy atom. The topological polar surface area (TPSA) is 56.3 Å². The minimum atomic E-state index is -0.194. The van der Waals surface area contributed by atoms with Gasteiger partial charge < -0.3 is 15.0 Å². The van der Waals surface area contributed by atoms with Gasteiger partial charge in [-0.25, -0.2) is 0 Å². The number of aliphatic hydroxyl groups is 1. The Hall–Kier alpha value is -1.45. The molecule has 0 saturated carbocycles. The van der Waals surface area contributed by atoms with E-state index in [9.17, 15) is 4.79 Å². The molecule has 0 aliphatic carbocycles. The Balaban J connectivity index is 2.05. The zero-order chi connectivity index (χ0) is 15.4. The van der Waals surface area contributed by atoms with Gasteiger partial charge >= 0.3 is 0 Å². The highest BCUT2D eigenvalue weighted by atomic mass is 35.5. The molecule has 110 valence electrons. The first-order chi connectivity index (χ1) is 10.0. The quantitative estimate of drug-likeness (QED) is 0.842. The van der Waals surface area contributed by atoms with Crippen molar-refractivity contribution in [1.29, 1.82) is 0 Å². The summed E-state index contributed by atoms with van der Waals surface area (Å²) in [6.45, 7) is 0.288. The number of thiophene rings is 1. The number of aliphatic hydroxyl groups excluding tert-OH is 1. The summed E-state index contributed by atoms with van der Waals surface area (Å²) < 4.78 is 0. The van der Waals surface area contributed by atoms with Crippen molar-refractivity contribution in [2.24, 2.45) is 0 Å². The van der Waals surface area contributed by atoms with Crippen LogP contribution in [0.1, 0.15) is 20.9 Å². The van der Waals surface area contributed by atoms with Crippen LogP contribution in [-0.2, 0) is 6.54 Å². The number of aromatic amines is 1. The molecule has 2 aromatic heterocycles. The number of carbonyl (C=O) groups excluding carboxylic acids is 1. The maximum absolute atomic E-state index is 12.2. The van der Waals surface area contributed by atoms with Gasteiger partial charge in [0.1, 0.15) is 17.5 Å². The number of rotatable bonds is 3. The zero-order valence-corrected chi connectivity index (χ0v) is 13.4. The average molecular weight is 343 g/mol. The van der Waals surface area contributed by atoms with Crippen LogP contribution in [0.5, 0.6) is 0 Å². The van der Waals surface area contributed by atoms with Crippen molar-refractivity contribution >= 4 is 40.4 Å². The number of amides is 1. The molecular weight excluding hydrogens is 331 g/mol. The minimum Gasteiger partial charge on any atom is -0.384 e. The fourth-order valence-corrected chi connectivity index (χ4v) is 2.88. The molecule has 0 aromatic carbocycles. The monoisotopic (exact) mass is 342 g/mol. The number of H-pyrrole nitrogens is 1. The van der Waals surface area contributed by atoms with Gasteiger partial charge in [-0.05, 0) is 12.1 Å². The second-order valence-corrected chi connectivity index (χ2v) is 6.05. The van der Waals surface area contributed by atoms with Crippen LogP contribution in [0.3, 0.4) is 0 Å². The summed E-state index contributed by atoms with van der Waals surface area (Å²) >= 11 is 13.1. The van der Waals surface area contributed by atoms with Gasteiger partial charge in [0.2, 0.25) is 0 Å². The molecule has 0 spiro atoms. The lowest BCUT2D eigenvalue weighted by Gasteiger charge is -2.14. The van der Waals surface area contributed by atoms with Crippen molar-refractivity contribution in [3.05, 3.63) is 43.8 Å². The number of aromatic nitrogens is 1. The summed E-state index contributed by atoms with van der Waals surface area (Å²) in [5, 5.41) is 11.1. The smallest absolute Gasteiger partial charge is 0.270 e. The lowest BCUT2D eigenvalue weighted by molar-refractivity contribution is 0.0781. The Morgan fingerprint density at radius 3 is 2.86 bits per heavy atom. The SMILES string of the molecule is CN(Cc1cc(C#CCO)cs1)C(=O)c1cc(Cl)c(Cl)[nH]1. The van der Waals surface area contributed by atoms with Crippen LogP contribution >= 0.6 is 34.5 Å². The van der Waals surface area contributed by atoms with Gasteiger partial charge in [0.15, 0.2) is 0 Å². The number of carbonyl (C=O) groups is 1. The maximum atomic E-state index is 12.2. The standard InChI is InChI=1S/C14H12Cl2N2O2S/c1-18(14(20)12-6-11(15)13(16)17-12)7-10-5-9(8-21-10)3-2-4-19/h5-6,8,17,19H,4,7H2,1H3. The Labute approximate surface area is 136 Å². The third-order valence-corrected chi connectivity index (χ3v) is 4.28. The summed E-state index contributed by atoms with van der Waals surface area (Å²) in [6.07, 6.45) is 0. The van der Waals surface area contributed by atoms with E-state index in [4.69, 9.17) is 28.3 Å². The predicted molar refractivity (Wildman–Crippen MR) is 84.9 cm³/mol. The van der Waals surface area contributed by atoms with Gasteiger partial charge in [-0.15, -0.1) is 11.3 Å². The van der Waals surface area contributed by atoms with Crippen molar-refractivity contribution in [2.75, 3.05) is 13.7 Å². The fraction of sp³-hybridized carbons (Fsp3) is 0.214. The van der Waals surface area contributed by atoms with Gasteiger partial charge in [0.25, 0.3) is 5.91 Å². The van der Waals surface area contributed by atoms with E-state index in [0.717, 1.165) is 10.4 Å². The molecule has 0 aliphatic heterocycles. The molecule has 2 aromatic rings. The first-order valence-electron chi connectivity index (χ1n) is 5.98. The molecule has 21 heavy (non-hydrogen) atoms. The average Bonchev–Trinajstić information content (AvgIpc) is 3.03. The van der Waals surface area contributed by atoms with Gasteiger partial charge in [0.05, 0.1) is 11.6 Å². The largest absolute Gasteiger partial charge is 0.384 e. The van der Waals surface area contributed by atoms with E-state index in [2.05, 4.69) is 16.8 Å². The molecule has 0 unspecified atom stereocenters. The first kappa shape index (κ1) is 15.9. The van der Waals surface area contributed by atoms with Crippen LogP contribution in [0.4, 0.5) is 0 Å². The molecule has 2 N–H and O–H groups in total. The molecule has 2 heterocycles. The summed E-state index contributed by atoms with van der Waals surface area (Å²) in [5.74, 6) is 5.22. The lowest BCUT2D eigenvalue weighted by atomic mass is 10.3. The van der Waals surface area contributed by atoms with E-state index >= 15 is 0 Å². The van der Waals surface area contributed by atoms with E-state index in [-0.39, 0.29) is 17.7 Å². The molecule has 0 bridgehead atoms. The molecule has 4 nitrogen and oxygen atoms in total. The molecule has 0 saturated heterocycles. The molecule has 7 heteroatoms. The summed E-state index contributed by atoms with van der Waals surface area (Å²) in [4.78, 5) is 17.5. The third-order valence-electron chi connectivity index (χ3n) is 2.66. The van der Waals surface area contributed by atoms with E-state index in [0.29, 0.717) is 17.3 Å². The zero-order valence-electron chi connectivity index (χ0n) is 11.1. The first-order valence-corrected chi connectivity index (χ1v) is 7.61. The molecular formula is C14H12Cl2N2O2S. The molecule has 0 atom stereocenters. The third kappa shape index (κ3) is 4.02. The number of nitrogens with zero attached hydrogens (tertiary/aromatic N) is 1.